The van der Waals surface area contributed by atoms with E-state index in [1.807, 2.05) is 18.4 Å². The number of rotatable bonds is 4. The third-order valence-corrected chi connectivity index (χ3v) is 4.15. The second kappa shape index (κ2) is 4.74. The normalized spacial score (nSPS) is 21.8. The Balaban J connectivity index is 1.60. The maximum atomic E-state index is 12.0. The highest BCUT2D eigenvalue weighted by Crippen LogP contribution is 2.48. The summed E-state index contributed by atoms with van der Waals surface area (Å²) in [7, 11) is 0. The van der Waals surface area contributed by atoms with Crippen LogP contribution in [0.25, 0.3) is 0 Å². The zero-order chi connectivity index (χ0) is 12.5. The minimum atomic E-state index is -0.00206. The SMILES string of the molecule is CSc1nsc(NC(=O)[C@@H]2C[C@@H]2c2ccco2)n1. The van der Waals surface area contributed by atoms with Crippen LogP contribution in [0, 0.1) is 5.92 Å². The standard InChI is InChI=1S/C11H11N3O2S2/c1-17-11-13-10(18-14-11)12-9(15)7-5-6(7)8-3-2-4-16-8/h2-4,6-7H,5H2,1H3,(H,12,13,14,15)/t6-,7+/m0/s1. The summed E-state index contributed by atoms with van der Waals surface area (Å²) in [5, 5.41) is 4.05. The molecule has 0 radical (unpaired) electrons. The second-order valence-corrected chi connectivity index (χ2v) is 5.56. The number of carbonyl (C=O) groups excluding carboxylic acids is 1. The number of hydrogen-bond acceptors (Lipinski definition) is 6. The van der Waals surface area contributed by atoms with Crippen molar-refractivity contribution in [1.29, 1.82) is 0 Å². The van der Waals surface area contributed by atoms with Crippen molar-refractivity contribution >= 4 is 34.3 Å². The minimum absolute atomic E-state index is 0.000188. The molecule has 0 spiro atoms. The molecule has 0 saturated heterocycles. The molecule has 0 aliphatic heterocycles. The first-order valence-electron chi connectivity index (χ1n) is 5.50. The lowest BCUT2D eigenvalue weighted by molar-refractivity contribution is -0.117. The predicted molar refractivity (Wildman–Crippen MR) is 69.9 cm³/mol. The highest BCUT2D eigenvalue weighted by molar-refractivity contribution is 7.98. The van der Waals surface area contributed by atoms with Crippen LogP contribution in [-0.4, -0.2) is 21.5 Å². The summed E-state index contributed by atoms with van der Waals surface area (Å²) in [5.41, 5.74) is 0. The Morgan fingerprint density at radius 1 is 1.67 bits per heavy atom. The number of nitrogens with zero attached hydrogens (tertiary/aromatic N) is 2. The first-order valence-corrected chi connectivity index (χ1v) is 7.49. The molecule has 2 aromatic heterocycles. The van der Waals surface area contributed by atoms with Gasteiger partial charge in [-0.1, -0.05) is 11.8 Å². The average Bonchev–Trinajstić information content (AvgIpc) is 2.80. The minimum Gasteiger partial charge on any atom is -0.469 e. The Labute approximate surface area is 112 Å². The third-order valence-electron chi connectivity index (χ3n) is 2.86. The molecule has 5 nitrogen and oxygen atoms in total. The summed E-state index contributed by atoms with van der Waals surface area (Å²) in [4.78, 5) is 16.1. The molecule has 0 unspecified atom stereocenters. The summed E-state index contributed by atoms with van der Waals surface area (Å²) in [6.07, 6.45) is 4.38. The molecule has 1 aliphatic carbocycles. The van der Waals surface area contributed by atoms with Gasteiger partial charge in [0.05, 0.1) is 6.26 Å². The topological polar surface area (TPSA) is 68.0 Å². The van der Waals surface area contributed by atoms with Gasteiger partial charge in [0.1, 0.15) is 5.76 Å². The molecular formula is C11H11N3O2S2. The maximum absolute atomic E-state index is 12.0. The molecule has 2 aromatic rings. The van der Waals surface area contributed by atoms with E-state index in [0.717, 1.165) is 12.2 Å². The number of carbonyl (C=O) groups is 1. The zero-order valence-electron chi connectivity index (χ0n) is 9.62. The van der Waals surface area contributed by atoms with Crippen molar-refractivity contribution in [2.45, 2.75) is 17.5 Å². The summed E-state index contributed by atoms with van der Waals surface area (Å²) >= 11 is 2.67. The van der Waals surface area contributed by atoms with Gasteiger partial charge in [0.15, 0.2) is 0 Å². The molecule has 0 aromatic carbocycles. The van der Waals surface area contributed by atoms with E-state index in [-0.39, 0.29) is 17.7 Å². The van der Waals surface area contributed by atoms with Crippen molar-refractivity contribution in [2.24, 2.45) is 5.92 Å². The van der Waals surface area contributed by atoms with Crippen LogP contribution in [0.3, 0.4) is 0 Å². The number of anilines is 1. The van der Waals surface area contributed by atoms with Crippen LogP contribution < -0.4 is 5.32 Å². The highest BCUT2D eigenvalue weighted by atomic mass is 32.2. The number of aromatic nitrogens is 2. The lowest BCUT2D eigenvalue weighted by Crippen LogP contribution is -2.14. The molecule has 1 N–H and O–H groups in total. The molecule has 0 bridgehead atoms. The van der Waals surface area contributed by atoms with E-state index in [1.165, 1.54) is 23.3 Å². The molecule has 1 saturated carbocycles. The van der Waals surface area contributed by atoms with Crippen LogP contribution in [0.15, 0.2) is 28.0 Å². The van der Waals surface area contributed by atoms with Gasteiger partial charge in [-0.05, 0) is 24.8 Å². The maximum Gasteiger partial charge on any atom is 0.230 e. The number of nitrogens with one attached hydrogen (secondary N) is 1. The van der Waals surface area contributed by atoms with Crippen LogP contribution in [0.5, 0.6) is 0 Å². The van der Waals surface area contributed by atoms with Gasteiger partial charge in [-0.15, -0.1) is 0 Å². The Bertz CT molecular complexity index is 552. The van der Waals surface area contributed by atoms with Gasteiger partial charge in [-0.2, -0.15) is 9.36 Å². The second-order valence-electron chi connectivity index (χ2n) is 4.04. The fraction of sp³-hybridized carbons (Fsp3) is 0.364. The number of hydrogen-bond donors (Lipinski definition) is 1. The largest absolute Gasteiger partial charge is 0.469 e. The molecular weight excluding hydrogens is 270 g/mol. The Morgan fingerprint density at radius 2 is 2.56 bits per heavy atom. The van der Waals surface area contributed by atoms with Crippen LogP contribution in [-0.2, 0) is 4.79 Å². The fourth-order valence-electron chi connectivity index (χ4n) is 1.84. The number of thioether (sulfide) groups is 1. The predicted octanol–water partition coefficient (Wildman–Crippen LogP) is 2.60. The van der Waals surface area contributed by atoms with E-state index in [0.29, 0.717) is 10.3 Å². The first-order chi connectivity index (χ1) is 8.78. The van der Waals surface area contributed by atoms with Gasteiger partial charge in [-0.25, -0.2) is 0 Å². The third kappa shape index (κ3) is 2.28. The summed E-state index contributed by atoms with van der Waals surface area (Å²) < 4.78 is 9.40. The van der Waals surface area contributed by atoms with Crippen molar-refractivity contribution in [3.63, 3.8) is 0 Å². The van der Waals surface area contributed by atoms with Crippen molar-refractivity contribution in [2.75, 3.05) is 11.6 Å². The quantitative estimate of drug-likeness (QED) is 0.872. The zero-order valence-corrected chi connectivity index (χ0v) is 11.3. The van der Waals surface area contributed by atoms with Gasteiger partial charge in [0.2, 0.25) is 16.2 Å². The molecule has 1 fully saturated rings. The van der Waals surface area contributed by atoms with Gasteiger partial charge in [0.25, 0.3) is 0 Å². The smallest absolute Gasteiger partial charge is 0.230 e. The van der Waals surface area contributed by atoms with E-state index in [4.69, 9.17) is 4.42 Å². The molecule has 94 valence electrons. The molecule has 18 heavy (non-hydrogen) atoms. The summed E-state index contributed by atoms with van der Waals surface area (Å²) in [6, 6.07) is 3.76. The van der Waals surface area contributed by atoms with Gasteiger partial charge in [0, 0.05) is 23.4 Å². The van der Waals surface area contributed by atoms with Crippen molar-refractivity contribution < 1.29 is 9.21 Å². The molecule has 1 amide bonds. The summed E-state index contributed by atoms with van der Waals surface area (Å²) in [6.45, 7) is 0. The Hall–Kier alpha value is -1.34. The molecule has 1 aliphatic rings. The number of furan rings is 1. The Kier molecular flexibility index (Phi) is 3.09. The highest BCUT2D eigenvalue weighted by Gasteiger charge is 2.46. The molecule has 2 atom stereocenters. The van der Waals surface area contributed by atoms with Crippen LogP contribution in [0.4, 0.5) is 5.13 Å². The van der Waals surface area contributed by atoms with Crippen LogP contribution >= 0.6 is 23.3 Å². The van der Waals surface area contributed by atoms with Crippen LogP contribution in [0.2, 0.25) is 0 Å². The molecule has 3 rings (SSSR count). The van der Waals surface area contributed by atoms with Crippen LogP contribution in [0.1, 0.15) is 18.1 Å². The van der Waals surface area contributed by atoms with Crippen molar-refractivity contribution in [3.05, 3.63) is 24.2 Å². The van der Waals surface area contributed by atoms with Crippen molar-refractivity contribution in [1.82, 2.24) is 9.36 Å². The molecule has 2 heterocycles. The Morgan fingerprint density at radius 3 is 3.22 bits per heavy atom. The summed E-state index contributed by atoms with van der Waals surface area (Å²) in [5.74, 6) is 1.10. The monoisotopic (exact) mass is 281 g/mol. The number of amides is 1. The first kappa shape index (κ1) is 11.7. The average molecular weight is 281 g/mol. The fourth-order valence-corrected chi connectivity index (χ4v) is 2.97. The van der Waals surface area contributed by atoms with E-state index in [2.05, 4.69) is 14.7 Å². The lowest BCUT2D eigenvalue weighted by atomic mass is 10.2. The van der Waals surface area contributed by atoms with Gasteiger partial charge in [-0.3, -0.25) is 4.79 Å². The van der Waals surface area contributed by atoms with E-state index >= 15 is 0 Å². The van der Waals surface area contributed by atoms with E-state index < -0.39 is 0 Å². The molecule has 7 heteroatoms. The van der Waals surface area contributed by atoms with Gasteiger partial charge >= 0.3 is 0 Å². The van der Waals surface area contributed by atoms with Gasteiger partial charge < -0.3 is 9.73 Å². The van der Waals surface area contributed by atoms with E-state index in [9.17, 15) is 4.79 Å². The van der Waals surface area contributed by atoms with E-state index in [1.54, 1.807) is 6.26 Å². The lowest BCUT2D eigenvalue weighted by Gasteiger charge is -1.98. The van der Waals surface area contributed by atoms with Crippen molar-refractivity contribution in [3.8, 4) is 0 Å².